The highest BCUT2D eigenvalue weighted by molar-refractivity contribution is 5.81. The second-order valence-corrected chi connectivity index (χ2v) is 4.69. The summed E-state index contributed by atoms with van der Waals surface area (Å²) in [4.78, 5) is 4.43. The summed E-state index contributed by atoms with van der Waals surface area (Å²) in [7, 11) is 0. The van der Waals surface area contributed by atoms with Crippen molar-refractivity contribution in [1.82, 2.24) is 15.2 Å². The molecule has 96 valence electrons. The highest BCUT2D eigenvalue weighted by atomic mass is 15.1. The summed E-state index contributed by atoms with van der Waals surface area (Å²) in [6, 6.07) is 10.2. The van der Waals surface area contributed by atoms with Gasteiger partial charge in [-0.3, -0.25) is 10.1 Å². The van der Waals surface area contributed by atoms with E-state index in [4.69, 9.17) is 0 Å². The smallest absolute Gasteiger partial charge is 0.0844 e. The predicted octanol–water partition coefficient (Wildman–Crippen LogP) is 3.19. The van der Waals surface area contributed by atoms with Gasteiger partial charge in [0, 0.05) is 11.1 Å². The number of hydrogen-bond donors (Lipinski definition) is 2. The minimum atomic E-state index is 0.705. The van der Waals surface area contributed by atoms with Gasteiger partial charge in [0.2, 0.25) is 0 Å². The molecule has 19 heavy (non-hydrogen) atoms. The molecule has 0 unspecified atom stereocenters. The number of anilines is 1. The molecule has 0 aliphatic heterocycles. The number of nitrogens with zero attached hydrogens (tertiary/aromatic N) is 2. The van der Waals surface area contributed by atoms with Crippen LogP contribution in [-0.4, -0.2) is 15.2 Å². The summed E-state index contributed by atoms with van der Waals surface area (Å²) in [5.41, 5.74) is 5.40. The number of aromatic amines is 1. The number of aryl methyl sites for hydroxylation is 1. The van der Waals surface area contributed by atoms with Gasteiger partial charge in [0.25, 0.3) is 0 Å². The molecule has 2 aromatic heterocycles. The van der Waals surface area contributed by atoms with Crippen molar-refractivity contribution in [3.05, 3.63) is 53.5 Å². The van der Waals surface area contributed by atoms with E-state index in [1.54, 1.807) is 0 Å². The Hall–Kier alpha value is -2.36. The van der Waals surface area contributed by atoms with Gasteiger partial charge in [-0.15, -0.1) is 0 Å². The summed E-state index contributed by atoms with van der Waals surface area (Å²) in [5, 5.41) is 11.8. The Morgan fingerprint density at radius 1 is 1.21 bits per heavy atom. The summed E-state index contributed by atoms with van der Waals surface area (Å²) >= 11 is 0. The van der Waals surface area contributed by atoms with Crippen LogP contribution in [0.3, 0.4) is 0 Å². The fraction of sp³-hybridized carbons (Fsp3) is 0.200. The number of nitrogens with one attached hydrogen (secondary N) is 2. The minimum absolute atomic E-state index is 0.705. The van der Waals surface area contributed by atoms with Gasteiger partial charge < -0.3 is 5.32 Å². The monoisotopic (exact) mass is 252 g/mol. The van der Waals surface area contributed by atoms with E-state index in [-0.39, 0.29) is 0 Å². The standard InChI is InChI=1S/C15H16N4/c1-10-11(2)18-19-15(10)9-16-13-7-12-5-3-4-6-14(12)17-8-13/h3-8,16H,9H2,1-2H3,(H,18,19). The van der Waals surface area contributed by atoms with Crippen molar-refractivity contribution in [2.45, 2.75) is 20.4 Å². The van der Waals surface area contributed by atoms with E-state index in [0.29, 0.717) is 6.54 Å². The molecule has 3 aromatic rings. The van der Waals surface area contributed by atoms with Gasteiger partial charge in [0.15, 0.2) is 0 Å². The van der Waals surface area contributed by atoms with Gasteiger partial charge in [-0.1, -0.05) is 18.2 Å². The summed E-state index contributed by atoms with van der Waals surface area (Å²) in [6.07, 6.45) is 1.86. The first-order chi connectivity index (χ1) is 9.24. The predicted molar refractivity (Wildman–Crippen MR) is 77.1 cm³/mol. The molecule has 2 heterocycles. The quantitative estimate of drug-likeness (QED) is 0.752. The molecule has 0 amide bonds. The maximum absolute atomic E-state index is 4.43. The Labute approximate surface area is 111 Å². The Morgan fingerprint density at radius 2 is 2.05 bits per heavy atom. The maximum Gasteiger partial charge on any atom is 0.0844 e. The van der Waals surface area contributed by atoms with Crippen LogP contribution < -0.4 is 5.32 Å². The molecule has 0 saturated heterocycles. The summed E-state index contributed by atoms with van der Waals surface area (Å²) in [5.74, 6) is 0. The van der Waals surface area contributed by atoms with Crippen LogP contribution in [0.25, 0.3) is 10.9 Å². The van der Waals surface area contributed by atoms with E-state index in [1.165, 1.54) is 5.56 Å². The van der Waals surface area contributed by atoms with Gasteiger partial charge in [-0.2, -0.15) is 5.10 Å². The first-order valence-corrected chi connectivity index (χ1v) is 6.33. The van der Waals surface area contributed by atoms with Gasteiger partial charge >= 0.3 is 0 Å². The zero-order valence-corrected chi connectivity index (χ0v) is 11.1. The van der Waals surface area contributed by atoms with Crippen LogP contribution in [-0.2, 0) is 6.54 Å². The van der Waals surface area contributed by atoms with Gasteiger partial charge in [0.05, 0.1) is 29.6 Å². The molecule has 2 N–H and O–H groups in total. The molecule has 0 fully saturated rings. The number of para-hydroxylation sites is 1. The minimum Gasteiger partial charge on any atom is -0.378 e. The van der Waals surface area contributed by atoms with Crippen LogP contribution >= 0.6 is 0 Å². The van der Waals surface area contributed by atoms with E-state index in [1.807, 2.05) is 31.3 Å². The number of H-pyrrole nitrogens is 1. The number of benzene rings is 1. The Kier molecular flexibility index (Phi) is 2.91. The van der Waals surface area contributed by atoms with E-state index in [0.717, 1.165) is 28.0 Å². The third-order valence-corrected chi connectivity index (χ3v) is 3.40. The second kappa shape index (κ2) is 4.72. The SMILES string of the molecule is Cc1[nH]nc(CNc2cnc3ccccc3c2)c1C. The lowest BCUT2D eigenvalue weighted by Crippen LogP contribution is -2.01. The van der Waals surface area contributed by atoms with Crippen molar-refractivity contribution in [3.8, 4) is 0 Å². The fourth-order valence-corrected chi connectivity index (χ4v) is 2.06. The third-order valence-electron chi connectivity index (χ3n) is 3.40. The van der Waals surface area contributed by atoms with Gasteiger partial charge in [-0.05, 0) is 31.5 Å². The first kappa shape index (κ1) is 11.7. The van der Waals surface area contributed by atoms with Crippen molar-refractivity contribution in [3.63, 3.8) is 0 Å². The molecule has 4 heteroatoms. The summed E-state index contributed by atoms with van der Waals surface area (Å²) in [6.45, 7) is 4.81. The Morgan fingerprint density at radius 3 is 2.84 bits per heavy atom. The van der Waals surface area contributed by atoms with Crippen LogP contribution in [0.2, 0.25) is 0 Å². The lowest BCUT2D eigenvalue weighted by atomic mass is 10.2. The highest BCUT2D eigenvalue weighted by Gasteiger charge is 2.05. The Balaban J connectivity index is 1.80. The lowest BCUT2D eigenvalue weighted by molar-refractivity contribution is 0.965. The van der Waals surface area contributed by atoms with E-state index in [2.05, 4.69) is 39.6 Å². The summed E-state index contributed by atoms with van der Waals surface area (Å²) < 4.78 is 0. The highest BCUT2D eigenvalue weighted by Crippen LogP contribution is 2.17. The van der Waals surface area contributed by atoms with Crippen molar-refractivity contribution in [2.75, 3.05) is 5.32 Å². The number of rotatable bonds is 3. The number of pyridine rings is 1. The number of hydrogen-bond acceptors (Lipinski definition) is 3. The fourth-order valence-electron chi connectivity index (χ4n) is 2.06. The van der Waals surface area contributed by atoms with Gasteiger partial charge in [-0.25, -0.2) is 0 Å². The third kappa shape index (κ3) is 2.29. The van der Waals surface area contributed by atoms with Crippen molar-refractivity contribution < 1.29 is 0 Å². The molecule has 4 nitrogen and oxygen atoms in total. The molecular weight excluding hydrogens is 236 g/mol. The molecule has 0 atom stereocenters. The zero-order chi connectivity index (χ0) is 13.2. The number of aromatic nitrogens is 3. The van der Waals surface area contributed by atoms with Crippen LogP contribution in [0.1, 0.15) is 17.0 Å². The van der Waals surface area contributed by atoms with Crippen LogP contribution in [0.5, 0.6) is 0 Å². The van der Waals surface area contributed by atoms with Crippen molar-refractivity contribution >= 4 is 16.6 Å². The van der Waals surface area contributed by atoms with Gasteiger partial charge in [0.1, 0.15) is 0 Å². The van der Waals surface area contributed by atoms with Crippen molar-refractivity contribution in [1.29, 1.82) is 0 Å². The molecule has 0 spiro atoms. The number of fused-ring (bicyclic) bond motifs is 1. The molecule has 0 aliphatic carbocycles. The van der Waals surface area contributed by atoms with Crippen LogP contribution in [0.15, 0.2) is 36.5 Å². The average molecular weight is 252 g/mol. The normalized spacial score (nSPS) is 10.8. The second-order valence-electron chi connectivity index (χ2n) is 4.69. The Bertz CT molecular complexity index is 715. The van der Waals surface area contributed by atoms with Crippen LogP contribution in [0.4, 0.5) is 5.69 Å². The molecule has 1 aromatic carbocycles. The van der Waals surface area contributed by atoms with E-state index >= 15 is 0 Å². The molecule has 3 rings (SSSR count). The maximum atomic E-state index is 4.43. The largest absolute Gasteiger partial charge is 0.378 e. The van der Waals surface area contributed by atoms with E-state index in [9.17, 15) is 0 Å². The van der Waals surface area contributed by atoms with E-state index < -0.39 is 0 Å². The molecule has 0 aliphatic rings. The molecule has 0 radical (unpaired) electrons. The average Bonchev–Trinajstić information content (AvgIpc) is 2.76. The molecular formula is C15H16N4. The zero-order valence-electron chi connectivity index (χ0n) is 11.1. The van der Waals surface area contributed by atoms with Crippen LogP contribution in [0, 0.1) is 13.8 Å². The topological polar surface area (TPSA) is 53.6 Å². The molecule has 0 saturated carbocycles. The lowest BCUT2D eigenvalue weighted by Gasteiger charge is -2.06. The first-order valence-electron chi connectivity index (χ1n) is 6.33. The molecule has 0 bridgehead atoms. The van der Waals surface area contributed by atoms with Crippen molar-refractivity contribution in [2.24, 2.45) is 0 Å².